The highest BCUT2D eigenvalue weighted by Gasteiger charge is 2.12. The SMILES string of the molecule is CCc1ccc(Nc2nnc(SCC(=O)N[C@H](C)C(C)C)s2)cc1. The van der Waals surface area contributed by atoms with Crippen molar-refractivity contribution in [3.63, 3.8) is 0 Å². The Labute approximate surface area is 151 Å². The number of benzene rings is 1. The number of hydrogen-bond donors (Lipinski definition) is 2. The molecule has 2 aromatic rings. The van der Waals surface area contributed by atoms with Crippen LogP contribution in [-0.4, -0.2) is 27.9 Å². The minimum atomic E-state index is 0.0288. The molecule has 0 aliphatic rings. The first-order valence-corrected chi connectivity index (χ1v) is 9.89. The maximum absolute atomic E-state index is 11.9. The summed E-state index contributed by atoms with van der Waals surface area (Å²) in [5.41, 5.74) is 2.29. The van der Waals surface area contributed by atoms with Crippen molar-refractivity contribution in [1.82, 2.24) is 15.5 Å². The van der Waals surface area contributed by atoms with Gasteiger partial charge in [0.2, 0.25) is 11.0 Å². The minimum absolute atomic E-state index is 0.0288. The van der Waals surface area contributed by atoms with Crippen molar-refractivity contribution in [2.24, 2.45) is 5.92 Å². The lowest BCUT2D eigenvalue weighted by molar-refractivity contribution is -0.119. The predicted octanol–water partition coefficient (Wildman–Crippen LogP) is 4.10. The summed E-state index contributed by atoms with van der Waals surface area (Å²) >= 11 is 2.87. The van der Waals surface area contributed by atoms with E-state index in [0.29, 0.717) is 11.7 Å². The van der Waals surface area contributed by atoms with Crippen LogP contribution in [0.5, 0.6) is 0 Å². The van der Waals surface area contributed by atoms with Gasteiger partial charge in [-0.2, -0.15) is 0 Å². The molecule has 2 rings (SSSR count). The Morgan fingerprint density at radius 2 is 1.92 bits per heavy atom. The molecule has 0 aliphatic carbocycles. The molecule has 1 amide bonds. The highest BCUT2D eigenvalue weighted by atomic mass is 32.2. The van der Waals surface area contributed by atoms with Gasteiger partial charge >= 0.3 is 0 Å². The van der Waals surface area contributed by atoms with Crippen molar-refractivity contribution in [2.45, 2.75) is 44.5 Å². The molecule has 0 aliphatic heterocycles. The molecule has 0 spiro atoms. The molecule has 0 saturated carbocycles. The molecule has 130 valence electrons. The van der Waals surface area contributed by atoms with E-state index in [2.05, 4.69) is 53.7 Å². The first-order chi connectivity index (χ1) is 11.5. The Hall–Kier alpha value is -1.60. The summed E-state index contributed by atoms with van der Waals surface area (Å²) in [7, 11) is 0. The van der Waals surface area contributed by atoms with Gasteiger partial charge in [-0.15, -0.1) is 10.2 Å². The fourth-order valence-corrected chi connectivity index (χ4v) is 3.44. The molecular formula is C17H24N4OS2. The van der Waals surface area contributed by atoms with Gasteiger partial charge < -0.3 is 10.6 Å². The first kappa shape index (κ1) is 18.7. The summed E-state index contributed by atoms with van der Waals surface area (Å²) in [6.45, 7) is 8.33. The fraction of sp³-hybridized carbons (Fsp3) is 0.471. The van der Waals surface area contributed by atoms with E-state index in [4.69, 9.17) is 0 Å². The standard InChI is InChI=1S/C17H24N4OS2/c1-5-13-6-8-14(9-7-13)19-16-20-21-17(24-16)23-10-15(22)18-12(4)11(2)3/h6-9,11-12H,5,10H2,1-4H3,(H,18,22)(H,19,20)/t12-/m1/s1. The van der Waals surface area contributed by atoms with E-state index in [1.807, 2.05) is 19.1 Å². The second kappa shape index (κ2) is 9.03. The molecule has 7 heteroatoms. The summed E-state index contributed by atoms with van der Waals surface area (Å²) in [6, 6.07) is 8.44. The topological polar surface area (TPSA) is 66.9 Å². The second-order valence-corrected chi connectivity index (χ2v) is 8.14. The number of carbonyl (C=O) groups is 1. The van der Waals surface area contributed by atoms with E-state index in [9.17, 15) is 4.79 Å². The molecule has 0 saturated heterocycles. The first-order valence-electron chi connectivity index (χ1n) is 8.09. The smallest absolute Gasteiger partial charge is 0.230 e. The molecule has 2 N–H and O–H groups in total. The van der Waals surface area contributed by atoms with E-state index in [0.717, 1.165) is 21.6 Å². The van der Waals surface area contributed by atoms with Crippen LogP contribution in [0.3, 0.4) is 0 Å². The van der Waals surface area contributed by atoms with Crippen molar-refractivity contribution in [1.29, 1.82) is 0 Å². The third-order valence-electron chi connectivity index (χ3n) is 3.74. The average Bonchev–Trinajstić information content (AvgIpc) is 3.01. The van der Waals surface area contributed by atoms with Gasteiger partial charge in [0.15, 0.2) is 4.34 Å². The number of nitrogens with zero attached hydrogens (tertiary/aromatic N) is 2. The Balaban J connectivity index is 1.83. The van der Waals surface area contributed by atoms with Crippen LogP contribution in [0.2, 0.25) is 0 Å². The second-order valence-electron chi connectivity index (χ2n) is 5.94. The van der Waals surface area contributed by atoms with Crippen LogP contribution in [0.4, 0.5) is 10.8 Å². The van der Waals surface area contributed by atoms with Gasteiger partial charge in [-0.05, 0) is 37.0 Å². The van der Waals surface area contributed by atoms with E-state index >= 15 is 0 Å². The lowest BCUT2D eigenvalue weighted by Gasteiger charge is -2.16. The molecule has 1 heterocycles. The van der Waals surface area contributed by atoms with Crippen LogP contribution >= 0.6 is 23.1 Å². The van der Waals surface area contributed by atoms with E-state index in [1.54, 1.807) is 0 Å². The Morgan fingerprint density at radius 1 is 1.21 bits per heavy atom. The van der Waals surface area contributed by atoms with Crippen molar-refractivity contribution in [2.75, 3.05) is 11.1 Å². The van der Waals surface area contributed by atoms with Crippen LogP contribution in [-0.2, 0) is 11.2 Å². The number of aromatic nitrogens is 2. The highest BCUT2D eigenvalue weighted by Crippen LogP contribution is 2.27. The number of rotatable bonds is 8. The van der Waals surface area contributed by atoms with Crippen LogP contribution in [0, 0.1) is 5.92 Å². The summed E-state index contributed by atoms with van der Waals surface area (Å²) in [5, 5.41) is 15.2. The lowest BCUT2D eigenvalue weighted by atomic mass is 10.1. The van der Waals surface area contributed by atoms with Crippen LogP contribution in [0.1, 0.15) is 33.3 Å². The quantitative estimate of drug-likeness (QED) is 0.690. The summed E-state index contributed by atoms with van der Waals surface area (Å²) in [4.78, 5) is 11.9. The molecule has 1 aromatic carbocycles. The van der Waals surface area contributed by atoms with Crippen molar-refractivity contribution < 1.29 is 4.79 Å². The van der Waals surface area contributed by atoms with E-state index in [1.165, 1.54) is 28.7 Å². The number of anilines is 2. The predicted molar refractivity (Wildman–Crippen MR) is 102 cm³/mol. The third-order valence-corrected chi connectivity index (χ3v) is 5.71. The highest BCUT2D eigenvalue weighted by molar-refractivity contribution is 8.01. The zero-order valence-corrected chi connectivity index (χ0v) is 16.1. The van der Waals surface area contributed by atoms with Gasteiger partial charge in [0.1, 0.15) is 0 Å². The van der Waals surface area contributed by atoms with Gasteiger partial charge in [0.25, 0.3) is 0 Å². The average molecular weight is 365 g/mol. The van der Waals surface area contributed by atoms with Gasteiger partial charge in [0.05, 0.1) is 5.75 Å². The molecule has 0 radical (unpaired) electrons. The number of carbonyl (C=O) groups excluding carboxylic acids is 1. The zero-order valence-electron chi connectivity index (χ0n) is 14.5. The molecular weight excluding hydrogens is 340 g/mol. The summed E-state index contributed by atoms with van der Waals surface area (Å²) in [5.74, 6) is 0.813. The molecule has 5 nitrogen and oxygen atoms in total. The van der Waals surface area contributed by atoms with Crippen LogP contribution in [0.15, 0.2) is 28.6 Å². The number of nitrogens with one attached hydrogen (secondary N) is 2. The summed E-state index contributed by atoms with van der Waals surface area (Å²) in [6.07, 6.45) is 1.03. The Bertz CT molecular complexity index is 655. The van der Waals surface area contributed by atoms with Crippen LogP contribution < -0.4 is 10.6 Å². The van der Waals surface area contributed by atoms with Crippen molar-refractivity contribution >= 4 is 39.8 Å². The molecule has 1 atom stereocenters. The van der Waals surface area contributed by atoms with Crippen LogP contribution in [0.25, 0.3) is 0 Å². The third kappa shape index (κ3) is 5.79. The largest absolute Gasteiger partial charge is 0.353 e. The van der Waals surface area contributed by atoms with Gasteiger partial charge in [0, 0.05) is 11.7 Å². The normalized spacial score (nSPS) is 12.2. The van der Waals surface area contributed by atoms with Crippen molar-refractivity contribution in [3.05, 3.63) is 29.8 Å². The molecule has 1 aromatic heterocycles. The molecule has 0 unspecified atom stereocenters. The molecule has 0 fully saturated rings. The minimum Gasteiger partial charge on any atom is -0.353 e. The van der Waals surface area contributed by atoms with E-state index < -0.39 is 0 Å². The van der Waals surface area contributed by atoms with Gasteiger partial charge in [-0.25, -0.2) is 0 Å². The van der Waals surface area contributed by atoms with Gasteiger partial charge in [-0.3, -0.25) is 4.79 Å². The summed E-state index contributed by atoms with van der Waals surface area (Å²) < 4.78 is 0.787. The molecule has 0 bridgehead atoms. The molecule has 24 heavy (non-hydrogen) atoms. The lowest BCUT2D eigenvalue weighted by Crippen LogP contribution is -2.37. The number of thioether (sulfide) groups is 1. The zero-order chi connectivity index (χ0) is 17.5. The Kier molecular flexibility index (Phi) is 7.05. The van der Waals surface area contributed by atoms with E-state index in [-0.39, 0.29) is 11.9 Å². The number of amides is 1. The Morgan fingerprint density at radius 3 is 2.54 bits per heavy atom. The maximum atomic E-state index is 11.9. The maximum Gasteiger partial charge on any atom is 0.230 e. The fourth-order valence-electron chi connectivity index (χ4n) is 1.86. The van der Waals surface area contributed by atoms with Crippen molar-refractivity contribution in [3.8, 4) is 0 Å². The number of aryl methyl sites for hydroxylation is 1. The monoisotopic (exact) mass is 364 g/mol. The number of hydrogen-bond acceptors (Lipinski definition) is 6. The van der Waals surface area contributed by atoms with Gasteiger partial charge in [-0.1, -0.05) is 56.0 Å².